The Morgan fingerprint density at radius 3 is 2.71 bits per heavy atom. The molecule has 1 N–H and O–H groups in total. The molecule has 1 aromatic carbocycles. The molecule has 4 nitrogen and oxygen atoms in total. The van der Waals surface area contributed by atoms with E-state index in [0.717, 1.165) is 31.2 Å². The SMILES string of the molecule is CC1=C2Cc3cccc(c3)C(=O)O[C@H](C(C)(C)O)CC[C@]3(C)O[C@H]3C/C=C(\C)C2CC1. The second-order valence-corrected chi connectivity index (χ2v) is 10.5. The van der Waals surface area contributed by atoms with Gasteiger partial charge in [-0.2, -0.15) is 0 Å². The smallest absolute Gasteiger partial charge is 0.338 e. The molecule has 168 valence electrons. The fourth-order valence-corrected chi connectivity index (χ4v) is 5.21. The Balaban J connectivity index is 1.67. The Kier molecular flexibility index (Phi) is 5.91. The standard InChI is InChI=1S/C27H36O4/c1-17-10-12-24-27(5,31-24)14-13-23(26(3,4)29)30-25(28)20-8-6-7-19(15-20)16-22-18(2)9-11-21(17)22/h6-8,10,15,21,23-24,29H,9,11-14,16H2,1-5H3/b17-10+/t21?,23-,24-,27-/m0/s1. The van der Waals surface area contributed by atoms with E-state index in [1.54, 1.807) is 19.9 Å². The van der Waals surface area contributed by atoms with E-state index >= 15 is 0 Å². The highest BCUT2D eigenvalue weighted by Gasteiger charge is 2.51. The summed E-state index contributed by atoms with van der Waals surface area (Å²) in [5, 5.41) is 10.6. The molecule has 0 spiro atoms. The summed E-state index contributed by atoms with van der Waals surface area (Å²) in [6, 6.07) is 7.77. The molecule has 0 saturated carbocycles. The Labute approximate surface area is 186 Å². The molecule has 0 aromatic heterocycles. The zero-order valence-electron chi connectivity index (χ0n) is 19.5. The molecular formula is C27H36O4. The van der Waals surface area contributed by atoms with Crippen molar-refractivity contribution in [2.75, 3.05) is 0 Å². The number of epoxide rings is 1. The van der Waals surface area contributed by atoms with Crippen LogP contribution in [0.2, 0.25) is 0 Å². The van der Waals surface area contributed by atoms with Crippen molar-refractivity contribution in [3.8, 4) is 0 Å². The topological polar surface area (TPSA) is 59.1 Å². The van der Waals surface area contributed by atoms with Gasteiger partial charge in [-0.3, -0.25) is 0 Å². The minimum absolute atomic E-state index is 0.191. The van der Waals surface area contributed by atoms with Gasteiger partial charge in [-0.15, -0.1) is 0 Å². The highest BCUT2D eigenvalue weighted by molar-refractivity contribution is 5.89. The third-order valence-corrected chi connectivity index (χ3v) is 7.51. The van der Waals surface area contributed by atoms with Crippen molar-refractivity contribution in [2.24, 2.45) is 5.92 Å². The van der Waals surface area contributed by atoms with Gasteiger partial charge >= 0.3 is 5.97 Å². The van der Waals surface area contributed by atoms with Crippen molar-refractivity contribution in [1.82, 2.24) is 0 Å². The second kappa shape index (κ2) is 8.22. The number of esters is 1. The predicted molar refractivity (Wildman–Crippen MR) is 122 cm³/mol. The highest BCUT2D eigenvalue weighted by Crippen LogP contribution is 2.45. The van der Waals surface area contributed by atoms with E-state index in [4.69, 9.17) is 9.47 Å². The Hall–Kier alpha value is -1.91. The third-order valence-electron chi connectivity index (χ3n) is 7.51. The van der Waals surface area contributed by atoms with Gasteiger partial charge in [-0.05, 0) is 90.8 Å². The van der Waals surface area contributed by atoms with Crippen LogP contribution < -0.4 is 0 Å². The first-order valence-corrected chi connectivity index (χ1v) is 11.6. The first-order valence-electron chi connectivity index (χ1n) is 11.6. The lowest BCUT2D eigenvalue weighted by molar-refractivity contribution is -0.0694. The summed E-state index contributed by atoms with van der Waals surface area (Å²) in [6.45, 7) is 10.0. The van der Waals surface area contributed by atoms with Crippen LogP contribution in [-0.2, 0) is 15.9 Å². The van der Waals surface area contributed by atoms with Crippen molar-refractivity contribution >= 4 is 5.97 Å². The second-order valence-electron chi connectivity index (χ2n) is 10.5. The average molecular weight is 425 g/mol. The molecule has 0 amide bonds. The Bertz CT molecular complexity index is 919. The van der Waals surface area contributed by atoms with E-state index in [1.165, 1.54) is 23.1 Å². The van der Waals surface area contributed by atoms with Crippen molar-refractivity contribution in [1.29, 1.82) is 0 Å². The zero-order chi connectivity index (χ0) is 22.4. The molecule has 4 rings (SSSR count). The fraction of sp³-hybridized carbons (Fsp3) is 0.593. The van der Waals surface area contributed by atoms with Gasteiger partial charge in [0.25, 0.3) is 0 Å². The van der Waals surface area contributed by atoms with Gasteiger partial charge < -0.3 is 14.6 Å². The summed E-state index contributed by atoms with van der Waals surface area (Å²) in [6.07, 6.45) is 7.37. The molecule has 1 aliphatic carbocycles. The van der Waals surface area contributed by atoms with Crippen molar-refractivity contribution in [2.45, 2.75) is 96.6 Å². The van der Waals surface area contributed by atoms with Crippen LogP contribution in [0.4, 0.5) is 0 Å². The van der Waals surface area contributed by atoms with E-state index in [1.807, 2.05) is 12.1 Å². The van der Waals surface area contributed by atoms with Crippen LogP contribution in [0.15, 0.2) is 47.1 Å². The average Bonchev–Trinajstić information content (AvgIpc) is 3.22. The summed E-state index contributed by atoms with van der Waals surface area (Å²) >= 11 is 0. The minimum Gasteiger partial charge on any atom is -0.456 e. The molecule has 2 bridgehead atoms. The quantitative estimate of drug-likeness (QED) is 0.365. The van der Waals surface area contributed by atoms with Crippen LogP contribution >= 0.6 is 0 Å². The lowest BCUT2D eigenvalue weighted by Gasteiger charge is -2.29. The molecule has 1 fully saturated rings. The molecular weight excluding hydrogens is 388 g/mol. The van der Waals surface area contributed by atoms with E-state index in [0.29, 0.717) is 17.9 Å². The normalized spacial score (nSPS) is 33.8. The molecule has 0 radical (unpaired) electrons. The monoisotopic (exact) mass is 424 g/mol. The van der Waals surface area contributed by atoms with Crippen LogP contribution in [0.25, 0.3) is 0 Å². The lowest BCUT2D eigenvalue weighted by atomic mass is 9.87. The van der Waals surface area contributed by atoms with E-state index in [-0.39, 0.29) is 17.7 Å². The fourth-order valence-electron chi connectivity index (χ4n) is 5.21. The van der Waals surface area contributed by atoms with Crippen molar-refractivity contribution in [3.63, 3.8) is 0 Å². The number of allylic oxidation sites excluding steroid dienone is 3. The maximum absolute atomic E-state index is 13.0. The van der Waals surface area contributed by atoms with Crippen LogP contribution in [0.5, 0.6) is 0 Å². The van der Waals surface area contributed by atoms with Gasteiger partial charge in [-0.1, -0.05) is 34.9 Å². The van der Waals surface area contributed by atoms with Crippen LogP contribution in [0.1, 0.15) is 82.6 Å². The van der Waals surface area contributed by atoms with Gasteiger partial charge in [0.2, 0.25) is 0 Å². The number of rotatable bonds is 1. The lowest BCUT2D eigenvalue weighted by Crippen LogP contribution is -2.40. The van der Waals surface area contributed by atoms with E-state index < -0.39 is 11.7 Å². The maximum Gasteiger partial charge on any atom is 0.338 e. The minimum atomic E-state index is -1.12. The molecule has 2 heterocycles. The Morgan fingerprint density at radius 2 is 1.97 bits per heavy atom. The first kappa shape index (κ1) is 22.3. The van der Waals surface area contributed by atoms with Gasteiger partial charge in [-0.25, -0.2) is 4.79 Å². The van der Waals surface area contributed by atoms with Crippen LogP contribution in [-0.4, -0.2) is 34.5 Å². The predicted octanol–water partition coefficient (Wildman–Crippen LogP) is 5.54. The maximum atomic E-state index is 13.0. The zero-order valence-corrected chi connectivity index (χ0v) is 19.5. The molecule has 31 heavy (non-hydrogen) atoms. The number of hydrogen-bond donors (Lipinski definition) is 1. The molecule has 1 saturated heterocycles. The number of carbonyl (C=O) groups is 1. The third kappa shape index (κ3) is 4.80. The molecule has 2 aliphatic heterocycles. The first-order chi connectivity index (χ1) is 14.6. The largest absolute Gasteiger partial charge is 0.456 e. The molecule has 3 aliphatic rings. The number of aliphatic hydroxyl groups is 1. The number of ether oxygens (including phenoxy) is 2. The van der Waals surface area contributed by atoms with Gasteiger partial charge in [0, 0.05) is 5.92 Å². The summed E-state index contributed by atoms with van der Waals surface area (Å²) in [5.41, 5.74) is 4.74. The van der Waals surface area contributed by atoms with Crippen LogP contribution in [0.3, 0.4) is 0 Å². The number of fused-ring (bicyclic) bond motifs is 4. The van der Waals surface area contributed by atoms with E-state index in [2.05, 4.69) is 32.9 Å². The van der Waals surface area contributed by atoms with E-state index in [9.17, 15) is 9.90 Å². The number of carbonyl (C=O) groups excluding carboxylic acids is 1. The summed E-state index contributed by atoms with van der Waals surface area (Å²) in [5.74, 6) is 0.109. The molecule has 1 aromatic rings. The summed E-state index contributed by atoms with van der Waals surface area (Å²) in [4.78, 5) is 13.0. The number of benzene rings is 1. The summed E-state index contributed by atoms with van der Waals surface area (Å²) < 4.78 is 11.9. The highest BCUT2D eigenvalue weighted by atomic mass is 16.6. The molecule has 1 unspecified atom stereocenters. The number of hydrogen-bond acceptors (Lipinski definition) is 4. The molecule has 4 atom stereocenters. The number of cyclic esters (lactones) is 1. The van der Waals surface area contributed by atoms with Gasteiger partial charge in [0.15, 0.2) is 0 Å². The van der Waals surface area contributed by atoms with Crippen molar-refractivity contribution < 1.29 is 19.4 Å². The van der Waals surface area contributed by atoms with Crippen LogP contribution in [0, 0.1) is 5.92 Å². The van der Waals surface area contributed by atoms with Gasteiger partial charge in [0.05, 0.1) is 22.9 Å². The summed E-state index contributed by atoms with van der Waals surface area (Å²) in [7, 11) is 0. The van der Waals surface area contributed by atoms with Gasteiger partial charge in [0.1, 0.15) is 6.10 Å². The Morgan fingerprint density at radius 1 is 1.19 bits per heavy atom. The van der Waals surface area contributed by atoms with Crippen molar-refractivity contribution in [3.05, 3.63) is 58.2 Å². The molecule has 4 heteroatoms.